The topological polar surface area (TPSA) is 37.8 Å². The lowest BCUT2D eigenvalue weighted by molar-refractivity contribution is -0.141. The second kappa shape index (κ2) is 5.66. The molecular weight excluding hydrogens is 291 g/mol. The van der Waals surface area contributed by atoms with Gasteiger partial charge in [-0.25, -0.2) is 9.97 Å². The summed E-state index contributed by atoms with van der Waals surface area (Å²) in [6.07, 6.45) is -3.82. The summed E-state index contributed by atoms with van der Waals surface area (Å²) in [4.78, 5) is 6.94. The second-order valence-corrected chi connectivity index (χ2v) is 4.38. The fourth-order valence-electron chi connectivity index (χ4n) is 1.72. The molecule has 106 valence electrons. The molecule has 0 atom stereocenters. The van der Waals surface area contributed by atoms with Crippen LogP contribution in [0.15, 0.2) is 30.3 Å². The fourth-order valence-corrected chi connectivity index (χ4v) is 1.90. The first-order valence-corrected chi connectivity index (χ1v) is 6.24. The third kappa shape index (κ3) is 3.39. The average Bonchev–Trinajstić information content (AvgIpc) is 2.37. The Morgan fingerprint density at radius 1 is 1.20 bits per heavy atom. The number of benzene rings is 1. The highest BCUT2D eigenvalue weighted by atomic mass is 35.5. The van der Waals surface area contributed by atoms with Crippen molar-refractivity contribution >= 4 is 23.1 Å². The van der Waals surface area contributed by atoms with Gasteiger partial charge in [0.2, 0.25) is 5.28 Å². The highest BCUT2D eigenvalue weighted by molar-refractivity contribution is 6.28. The van der Waals surface area contributed by atoms with Crippen LogP contribution < -0.4 is 5.32 Å². The number of aromatic nitrogens is 2. The Morgan fingerprint density at radius 3 is 2.55 bits per heavy atom. The highest BCUT2D eigenvalue weighted by Crippen LogP contribution is 2.30. The molecule has 1 heterocycles. The van der Waals surface area contributed by atoms with Gasteiger partial charge in [0, 0.05) is 11.8 Å². The van der Waals surface area contributed by atoms with Gasteiger partial charge in [-0.3, -0.25) is 0 Å². The van der Waals surface area contributed by atoms with Crippen LogP contribution in [0, 0.1) is 0 Å². The molecule has 0 unspecified atom stereocenters. The van der Waals surface area contributed by atoms with Crippen molar-refractivity contribution in [3.8, 4) is 0 Å². The molecule has 2 rings (SSSR count). The maximum absolute atomic E-state index is 12.7. The summed E-state index contributed by atoms with van der Waals surface area (Å²) in [5, 5.41) is 2.39. The first kappa shape index (κ1) is 14.6. The summed E-state index contributed by atoms with van der Waals surface area (Å²) in [7, 11) is 0. The Bertz CT molecular complexity index is 614. The molecule has 0 amide bonds. The average molecular weight is 302 g/mol. The maximum Gasteiger partial charge on any atom is 0.433 e. The number of alkyl halides is 3. The molecule has 0 saturated heterocycles. The molecule has 1 aromatic carbocycles. The molecule has 0 fully saturated rings. The number of anilines is 2. The third-order valence-electron chi connectivity index (χ3n) is 2.65. The quantitative estimate of drug-likeness (QED) is 0.851. The first-order valence-electron chi connectivity index (χ1n) is 5.87. The normalized spacial score (nSPS) is 11.4. The predicted molar refractivity (Wildman–Crippen MR) is 71.1 cm³/mol. The van der Waals surface area contributed by atoms with E-state index in [-0.39, 0.29) is 5.82 Å². The molecule has 0 aliphatic heterocycles. The molecule has 20 heavy (non-hydrogen) atoms. The van der Waals surface area contributed by atoms with Crippen molar-refractivity contribution in [3.05, 3.63) is 46.9 Å². The molecule has 0 spiro atoms. The van der Waals surface area contributed by atoms with E-state index in [1.165, 1.54) is 0 Å². The van der Waals surface area contributed by atoms with Crippen LogP contribution in [0.25, 0.3) is 0 Å². The zero-order valence-corrected chi connectivity index (χ0v) is 11.3. The smallest absolute Gasteiger partial charge is 0.340 e. The van der Waals surface area contributed by atoms with Gasteiger partial charge in [0.15, 0.2) is 5.69 Å². The van der Waals surface area contributed by atoms with Crippen molar-refractivity contribution in [2.24, 2.45) is 0 Å². The van der Waals surface area contributed by atoms with Crippen LogP contribution in [-0.2, 0) is 12.6 Å². The lowest BCUT2D eigenvalue weighted by Crippen LogP contribution is -2.10. The van der Waals surface area contributed by atoms with Gasteiger partial charge < -0.3 is 5.32 Å². The van der Waals surface area contributed by atoms with Gasteiger partial charge in [0.1, 0.15) is 5.82 Å². The zero-order chi connectivity index (χ0) is 14.8. The monoisotopic (exact) mass is 301 g/mol. The van der Waals surface area contributed by atoms with Crippen molar-refractivity contribution in [2.45, 2.75) is 19.5 Å². The van der Waals surface area contributed by atoms with Crippen molar-refractivity contribution in [3.63, 3.8) is 0 Å². The summed E-state index contributed by atoms with van der Waals surface area (Å²) < 4.78 is 38.0. The molecule has 3 nitrogen and oxygen atoms in total. The van der Waals surface area contributed by atoms with Crippen molar-refractivity contribution in [1.82, 2.24) is 9.97 Å². The van der Waals surface area contributed by atoms with Crippen LogP contribution in [0.1, 0.15) is 18.2 Å². The van der Waals surface area contributed by atoms with E-state index in [2.05, 4.69) is 15.3 Å². The Labute approximate surface area is 118 Å². The number of hydrogen-bond acceptors (Lipinski definition) is 3. The first-order chi connectivity index (χ1) is 9.40. The molecule has 0 aliphatic rings. The lowest BCUT2D eigenvalue weighted by Gasteiger charge is -2.12. The molecule has 1 N–H and O–H groups in total. The van der Waals surface area contributed by atoms with Gasteiger partial charge in [-0.15, -0.1) is 0 Å². The van der Waals surface area contributed by atoms with Gasteiger partial charge in [-0.2, -0.15) is 13.2 Å². The van der Waals surface area contributed by atoms with Crippen LogP contribution in [0.3, 0.4) is 0 Å². The number of para-hydroxylation sites is 1. The summed E-state index contributed by atoms with van der Waals surface area (Å²) in [6.45, 7) is 1.95. The minimum Gasteiger partial charge on any atom is -0.340 e. The van der Waals surface area contributed by atoms with Crippen molar-refractivity contribution in [1.29, 1.82) is 0 Å². The predicted octanol–water partition coefficient (Wildman–Crippen LogP) is 4.45. The van der Waals surface area contributed by atoms with Crippen molar-refractivity contribution in [2.75, 3.05) is 5.32 Å². The van der Waals surface area contributed by atoms with Crippen LogP contribution in [-0.4, -0.2) is 9.97 Å². The van der Waals surface area contributed by atoms with E-state index in [1.807, 2.05) is 19.1 Å². The van der Waals surface area contributed by atoms with Gasteiger partial charge >= 0.3 is 6.18 Å². The summed E-state index contributed by atoms with van der Waals surface area (Å²) in [5.41, 5.74) is 0.586. The van der Waals surface area contributed by atoms with Gasteiger partial charge in [-0.05, 0) is 29.7 Å². The largest absolute Gasteiger partial charge is 0.433 e. The standard InChI is InChI=1S/C13H11ClF3N3/c1-2-8-5-3-4-6-9(8)18-11-7-10(13(15,16)17)19-12(14)20-11/h3-7H,2H2,1H3,(H,18,19,20). The number of rotatable bonds is 3. The van der Waals surface area contributed by atoms with Crippen LogP contribution in [0.2, 0.25) is 5.28 Å². The van der Waals surface area contributed by atoms with Gasteiger partial charge in [-0.1, -0.05) is 25.1 Å². The molecule has 2 aromatic rings. The maximum atomic E-state index is 12.7. The minimum absolute atomic E-state index is 0.0122. The van der Waals surface area contributed by atoms with Gasteiger partial charge in [0.25, 0.3) is 0 Å². The van der Waals surface area contributed by atoms with E-state index in [0.29, 0.717) is 5.69 Å². The SMILES string of the molecule is CCc1ccccc1Nc1cc(C(F)(F)F)nc(Cl)n1. The molecule has 0 bridgehead atoms. The van der Waals surface area contributed by atoms with Crippen molar-refractivity contribution < 1.29 is 13.2 Å². The summed E-state index contributed by atoms with van der Waals surface area (Å²) in [5.74, 6) is 0.0122. The van der Waals surface area contributed by atoms with E-state index in [4.69, 9.17) is 11.6 Å². The Balaban J connectivity index is 2.36. The molecule has 1 aromatic heterocycles. The van der Waals surface area contributed by atoms with E-state index < -0.39 is 17.2 Å². The lowest BCUT2D eigenvalue weighted by atomic mass is 10.1. The fraction of sp³-hybridized carbons (Fsp3) is 0.231. The number of halogens is 4. The zero-order valence-electron chi connectivity index (χ0n) is 10.5. The molecule has 0 radical (unpaired) electrons. The van der Waals surface area contributed by atoms with E-state index >= 15 is 0 Å². The number of aryl methyl sites for hydroxylation is 1. The Morgan fingerprint density at radius 2 is 1.90 bits per heavy atom. The summed E-state index contributed by atoms with van der Waals surface area (Å²) >= 11 is 5.53. The number of nitrogens with one attached hydrogen (secondary N) is 1. The third-order valence-corrected chi connectivity index (χ3v) is 2.82. The van der Waals surface area contributed by atoms with Crippen LogP contribution in [0.5, 0.6) is 0 Å². The second-order valence-electron chi connectivity index (χ2n) is 4.04. The molecule has 0 saturated carbocycles. The van der Waals surface area contributed by atoms with Crippen LogP contribution >= 0.6 is 11.6 Å². The number of nitrogens with zero attached hydrogens (tertiary/aromatic N) is 2. The minimum atomic E-state index is -4.56. The molecular formula is C13H11ClF3N3. The van der Waals surface area contributed by atoms with Gasteiger partial charge in [0.05, 0.1) is 0 Å². The van der Waals surface area contributed by atoms with E-state index in [9.17, 15) is 13.2 Å². The highest BCUT2D eigenvalue weighted by Gasteiger charge is 2.33. The molecule has 0 aliphatic carbocycles. The summed E-state index contributed by atoms with van der Waals surface area (Å²) in [6, 6.07) is 8.13. The Kier molecular flexibility index (Phi) is 4.13. The molecule has 7 heteroatoms. The number of hydrogen-bond donors (Lipinski definition) is 1. The van der Waals surface area contributed by atoms with E-state index in [1.54, 1.807) is 12.1 Å². The Hall–Kier alpha value is -1.82. The van der Waals surface area contributed by atoms with Crippen LogP contribution in [0.4, 0.5) is 24.7 Å². The van der Waals surface area contributed by atoms with E-state index in [0.717, 1.165) is 18.1 Å².